The first-order valence-electron chi connectivity index (χ1n) is 7.26. The van der Waals surface area contributed by atoms with Crippen LogP contribution in [0, 0.1) is 0 Å². The van der Waals surface area contributed by atoms with Crippen LogP contribution in [0.15, 0.2) is 71.1 Å². The van der Waals surface area contributed by atoms with Crippen molar-refractivity contribution in [2.45, 2.75) is 0 Å². The number of hydrogen-bond acceptors (Lipinski definition) is 4. The smallest absolute Gasteiger partial charge is 0.512 e. The lowest BCUT2D eigenvalue weighted by molar-refractivity contribution is 0.288. The van der Waals surface area contributed by atoms with Crippen molar-refractivity contribution in [3.05, 3.63) is 66.7 Å². The van der Waals surface area contributed by atoms with Crippen LogP contribution in [0.4, 0.5) is 0 Å². The monoisotopic (exact) mass is 304 g/mol. The molecule has 0 aliphatic rings. The molecule has 4 nitrogen and oxygen atoms in total. The molecule has 0 aliphatic heterocycles. The van der Waals surface area contributed by atoms with E-state index in [1.54, 1.807) is 18.2 Å². The Morgan fingerprint density at radius 2 is 1.61 bits per heavy atom. The van der Waals surface area contributed by atoms with Gasteiger partial charge in [-0.2, -0.15) is 0 Å². The Labute approximate surface area is 132 Å². The van der Waals surface area contributed by atoms with Gasteiger partial charge in [0.2, 0.25) is 0 Å². The Kier molecular flexibility index (Phi) is 3.30. The van der Waals surface area contributed by atoms with Crippen molar-refractivity contribution >= 4 is 29.3 Å². The summed E-state index contributed by atoms with van der Waals surface area (Å²) in [5, 5.41) is 20.0. The van der Waals surface area contributed by atoms with Gasteiger partial charge in [0.25, 0.3) is 0 Å². The van der Waals surface area contributed by atoms with Crippen molar-refractivity contribution in [2.24, 2.45) is 0 Å². The molecule has 1 heterocycles. The van der Waals surface area contributed by atoms with Gasteiger partial charge in [0.05, 0.1) is 0 Å². The number of fused-ring (bicyclic) bond motifs is 3. The Hall–Kier alpha value is -2.76. The van der Waals surface area contributed by atoms with E-state index in [2.05, 4.69) is 0 Å². The summed E-state index contributed by atoms with van der Waals surface area (Å²) in [6.07, 6.45) is 0. The first kappa shape index (κ1) is 13.9. The summed E-state index contributed by atoms with van der Waals surface area (Å²) in [6.45, 7) is 0. The molecular weight excluding hydrogens is 291 g/mol. The second-order valence-electron chi connectivity index (χ2n) is 5.25. The molecule has 0 fully saturated rings. The molecule has 0 saturated carbocycles. The molecule has 2 N–H and O–H groups in total. The summed E-state index contributed by atoms with van der Waals surface area (Å²) in [7, 11) is -1.84. The van der Waals surface area contributed by atoms with E-state index in [4.69, 9.17) is 19.1 Å². The molecule has 4 aromatic rings. The second-order valence-corrected chi connectivity index (χ2v) is 5.25. The van der Waals surface area contributed by atoms with Crippen molar-refractivity contribution in [1.29, 1.82) is 0 Å². The highest BCUT2D eigenvalue weighted by Gasteiger charge is 2.14. The SMILES string of the molecule is OB(O)Oc1cccc(-c2cccc3c2oc2ccccc23)c1. The number of para-hydroxylation sites is 2. The summed E-state index contributed by atoms with van der Waals surface area (Å²) in [5.41, 5.74) is 3.45. The van der Waals surface area contributed by atoms with E-state index in [1.165, 1.54) is 0 Å². The second kappa shape index (κ2) is 5.46. The van der Waals surface area contributed by atoms with E-state index < -0.39 is 7.32 Å². The molecule has 0 aliphatic carbocycles. The predicted octanol–water partition coefficient (Wildman–Crippen LogP) is 3.60. The Bertz CT molecular complexity index is 991. The highest BCUT2D eigenvalue weighted by Crippen LogP contribution is 2.36. The molecule has 0 unspecified atom stereocenters. The quantitative estimate of drug-likeness (QED) is 0.568. The van der Waals surface area contributed by atoms with Gasteiger partial charge in [0, 0.05) is 16.3 Å². The maximum Gasteiger partial charge on any atom is 0.707 e. The summed E-state index contributed by atoms with van der Waals surface area (Å²) >= 11 is 0. The largest absolute Gasteiger partial charge is 0.707 e. The maximum atomic E-state index is 8.95. The normalized spacial score (nSPS) is 11.0. The van der Waals surface area contributed by atoms with Crippen molar-refractivity contribution in [3.8, 4) is 16.9 Å². The summed E-state index contributed by atoms with van der Waals surface area (Å²) < 4.78 is 10.9. The topological polar surface area (TPSA) is 62.8 Å². The summed E-state index contributed by atoms with van der Waals surface area (Å²) in [5.74, 6) is 0.380. The van der Waals surface area contributed by atoms with Gasteiger partial charge in [0.1, 0.15) is 16.9 Å². The van der Waals surface area contributed by atoms with Crippen LogP contribution in [0.3, 0.4) is 0 Å². The zero-order valence-electron chi connectivity index (χ0n) is 12.1. The van der Waals surface area contributed by atoms with Gasteiger partial charge in [-0.25, -0.2) is 0 Å². The third kappa shape index (κ3) is 2.46. The van der Waals surface area contributed by atoms with Gasteiger partial charge in [0.15, 0.2) is 0 Å². The third-order valence-corrected chi connectivity index (χ3v) is 3.79. The molecule has 0 amide bonds. The molecule has 4 rings (SSSR count). The van der Waals surface area contributed by atoms with Gasteiger partial charge in [-0.3, -0.25) is 0 Å². The average Bonchev–Trinajstić information content (AvgIpc) is 2.93. The van der Waals surface area contributed by atoms with E-state index >= 15 is 0 Å². The fourth-order valence-corrected chi connectivity index (χ4v) is 2.83. The number of rotatable bonds is 3. The third-order valence-electron chi connectivity index (χ3n) is 3.79. The van der Waals surface area contributed by atoms with Gasteiger partial charge in [-0.05, 0) is 23.8 Å². The molecule has 5 heteroatoms. The first-order valence-corrected chi connectivity index (χ1v) is 7.26. The van der Waals surface area contributed by atoms with Crippen LogP contribution in [-0.2, 0) is 0 Å². The zero-order chi connectivity index (χ0) is 15.8. The highest BCUT2D eigenvalue weighted by atomic mass is 16.6. The van der Waals surface area contributed by atoms with E-state index in [1.807, 2.05) is 48.5 Å². The zero-order valence-corrected chi connectivity index (χ0v) is 12.1. The number of hydrogen-bond donors (Lipinski definition) is 2. The molecule has 0 bridgehead atoms. The minimum Gasteiger partial charge on any atom is -0.512 e. The number of benzene rings is 3. The van der Waals surface area contributed by atoms with Crippen LogP contribution in [-0.4, -0.2) is 17.4 Å². The van der Waals surface area contributed by atoms with Crippen molar-refractivity contribution in [1.82, 2.24) is 0 Å². The lowest BCUT2D eigenvalue weighted by Gasteiger charge is -2.07. The van der Waals surface area contributed by atoms with Gasteiger partial charge >= 0.3 is 7.32 Å². The lowest BCUT2D eigenvalue weighted by Crippen LogP contribution is -2.20. The van der Waals surface area contributed by atoms with E-state index in [0.29, 0.717) is 5.75 Å². The highest BCUT2D eigenvalue weighted by molar-refractivity contribution is 6.33. The average molecular weight is 304 g/mol. The molecule has 1 aromatic heterocycles. The van der Waals surface area contributed by atoms with Crippen LogP contribution >= 0.6 is 0 Å². The van der Waals surface area contributed by atoms with Crippen LogP contribution in [0.2, 0.25) is 0 Å². The van der Waals surface area contributed by atoms with Crippen LogP contribution in [0.5, 0.6) is 5.75 Å². The number of furan rings is 1. The van der Waals surface area contributed by atoms with Crippen LogP contribution < -0.4 is 4.65 Å². The molecule has 0 saturated heterocycles. The Morgan fingerprint density at radius 1 is 0.826 bits per heavy atom. The summed E-state index contributed by atoms with van der Waals surface area (Å²) in [4.78, 5) is 0. The van der Waals surface area contributed by atoms with Gasteiger partial charge < -0.3 is 19.1 Å². The standard InChI is InChI=1S/C18H13BO4/c20-19(21)23-13-6-3-5-12(11-13)14-8-4-9-16-15-7-1-2-10-17(15)22-18(14)16/h1-11,20-21H. The fourth-order valence-electron chi connectivity index (χ4n) is 2.83. The molecule has 3 aromatic carbocycles. The van der Waals surface area contributed by atoms with Crippen molar-refractivity contribution < 1.29 is 19.1 Å². The predicted molar refractivity (Wildman–Crippen MR) is 90.0 cm³/mol. The van der Waals surface area contributed by atoms with E-state index in [0.717, 1.165) is 33.1 Å². The molecule has 0 spiro atoms. The molecule has 112 valence electrons. The van der Waals surface area contributed by atoms with E-state index in [-0.39, 0.29) is 0 Å². The molecule has 0 atom stereocenters. The Morgan fingerprint density at radius 3 is 2.48 bits per heavy atom. The van der Waals surface area contributed by atoms with Gasteiger partial charge in [-0.1, -0.05) is 48.5 Å². The minimum absolute atomic E-state index is 0.380. The summed E-state index contributed by atoms with van der Waals surface area (Å²) in [6, 6.07) is 21.0. The lowest BCUT2D eigenvalue weighted by atomic mass is 10.0. The fraction of sp³-hybridized carbons (Fsp3) is 0. The molecule has 0 radical (unpaired) electrons. The van der Waals surface area contributed by atoms with Crippen LogP contribution in [0.1, 0.15) is 0 Å². The first-order chi connectivity index (χ1) is 11.2. The van der Waals surface area contributed by atoms with Crippen molar-refractivity contribution in [3.63, 3.8) is 0 Å². The van der Waals surface area contributed by atoms with Crippen LogP contribution in [0.25, 0.3) is 33.1 Å². The Balaban J connectivity index is 1.92. The van der Waals surface area contributed by atoms with Gasteiger partial charge in [-0.15, -0.1) is 0 Å². The maximum absolute atomic E-state index is 8.95. The van der Waals surface area contributed by atoms with E-state index in [9.17, 15) is 0 Å². The molecule has 23 heavy (non-hydrogen) atoms. The molecular formula is C18H13BO4. The minimum atomic E-state index is -1.84. The van der Waals surface area contributed by atoms with Crippen molar-refractivity contribution in [2.75, 3.05) is 0 Å².